The number of hydrogen-bond donors (Lipinski definition) is 0. The summed E-state index contributed by atoms with van der Waals surface area (Å²) in [7, 11) is 0. The maximum absolute atomic E-state index is 2.48. The van der Waals surface area contributed by atoms with E-state index in [1.165, 1.54) is 51.4 Å². The van der Waals surface area contributed by atoms with Gasteiger partial charge in [0.25, 0.3) is 0 Å². The van der Waals surface area contributed by atoms with E-state index in [9.17, 15) is 0 Å². The van der Waals surface area contributed by atoms with Crippen LogP contribution in [0, 0.1) is 23.2 Å². The van der Waals surface area contributed by atoms with Crippen LogP contribution in [0.3, 0.4) is 0 Å². The van der Waals surface area contributed by atoms with Crippen LogP contribution in [0.4, 0.5) is 0 Å². The maximum atomic E-state index is 2.48. The molecule has 3 atom stereocenters. The smallest absolute Gasteiger partial charge is 0.0351 e. The van der Waals surface area contributed by atoms with Crippen molar-refractivity contribution in [2.75, 3.05) is 0 Å². The first kappa shape index (κ1) is 11.5. The highest BCUT2D eigenvalue weighted by Gasteiger charge is 2.34. The van der Waals surface area contributed by atoms with E-state index in [0.29, 0.717) is 5.41 Å². The average molecular weight is 208 g/mol. The summed E-state index contributed by atoms with van der Waals surface area (Å²) in [4.78, 5) is 0. The van der Waals surface area contributed by atoms with Crippen LogP contribution in [0.15, 0.2) is 0 Å². The lowest BCUT2D eigenvalue weighted by atomic mass is 9.64. The summed E-state index contributed by atoms with van der Waals surface area (Å²) < 4.78 is 0. The fourth-order valence-corrected chi connectivity index (χ4v) is 4.07. The Hall–Kier alpha value is 0. The van der Waals surface area contributed by atoms with Crippen LogP contribution in [0.1, 0.15) is 72.1 Å². The van der Waals surface area contributed by atoms with E-state index in [4.69, 9.17) is 0 Å². The monoisotopic (exact) mass is 208 g/mol. The van der Waals surface area contributed by atoms with Crippen molar-refractivity contribution in [2.45, 2.75) is 72.1 Å². The zero-order valence-corrected chi connectivity index (χ0v) is 10.9. The molecule has 2 fully saturated rings. The van der Waals surface area contributed by atoms with E-state index in [2.05, 4.69) is 20.8 Å². The minimum atomic E-state index is 0.642. The van der Waals surface area contributed by atoms with Gasteiger partial charge >= 0.3 is 0 Å². The lowest BCUT2D eigenvalue weighted by Gasteiger charge is -2.41. The third kappa shape index (κ3) is 2.98. The predicted octanol–water partition coefficient (Wildman–Crippen LogP) is 5.03. The van der Waals surface area contributed by atoms with E-state index in [-0.39, 0.29) is 0 Å². The summed E-state index contributed by atoms with van der Waals surface area (Å²) in [6, 6.07) is 0. The molecule has 0 heteroatoms. The lowest BCUT2D eigenvalue weighted by molar-refractivity contribution is 0.0997. The third-order valence-corrected chi connectivity index (χ3v) is 4.89. The van der Waals surface area contributed by atoms with Crippen LogP contribution >= 0.6 is 0 Å². The second-order valence-corrected chi connectivity index (χ2v) is 7.05. The maximum Gasteiger partial charge on any atom is -0.0351 e. The Labute approximate surface area is 95.8 Å². The van der Waals surface area contributed by atoms with Crippen LogP contribution < -0.4 is 0 Å². The molecule has 15 heavy (non-hydrogen) atoms. The topological polar surface area (TPSA) is 0 Å². The molecule has 2 aliphatic rings. The van der Waals surface area contributed by atoms with Crippen molar-refractivity contribution in [3.05, 3.63) is 0 Å². The van der Waals surface area contributed by atoms with Crippen LogP contribution in [0.2, 0.25) is 0 Å². The molecule has 0 N–H and O–H groups in total. The minimum absolute atomic E-state index is 0.642. The summed E-state index contributed by atoms with van der Waals surface area (Å²) in [5.74, 6) is 3.15. The Kier molecular flexibility index (Phi) is 3.42. The molecule has 3 unspecified atom stereocenters. The molecule has 0 nitrogen and oxygen atoms in total. The molecule has 2 rings (SSSR count). The van der Waals surface area contributed by atoms with Gasteiger partial charge in [-0.1, -0.05) is 52.9 Å². The van der Waals surface area contributed by atoms with Gasteiger partial charge in [-0.25, -0.2) is 0 Å². The number of rotatable bonds is 1. The van der Waals surface area contributed by atoms with Crippen LogP contribution in [-0.4, -0.2) is 0 Å². The molecular weight excluding hydrogens is 180 g/mol. The summed E-state index contributed by atoms with van der Waals surface area (Å²) in [6.45, 7) is 7.41. The van der Waals surface area contributed by atoms with Crippen LogP contribution in [-0.2, 0) is 0 Å². The first-order valence-electron chi connectivity index (χ1n) is 7.07. The van der Waals surface area contributed by atoms with Gasteiger partial charge in [0.1, 0.15) is 0 Å². The van der Waals surface area contributed by atoms with Crippen molar-refractivity contribution in [1.82, 2.24) is 0 Å². The van der Waals surface area contributed by atoms with Gasteiger partial charge in [0.2, 0.25) is 0 Å². The largest absolute Gasteiger partial charge is 0.0625 e. The van der Waals surface area contributed by atoms with Crippen molar-refractivity contribution in [3.8, 4) is 0 Å². The molecule has 0 spiro atoms. The molecule has 0 aliphatic heterocycles. The summed E-state index contributed by atoms with van der Waals surface area (Å²) in [6.07, 6.45) is 12.0. The quantitative estimate of drug-likeness (QED) is 0.567. The van der Waals surface area contributed by atoms with E-state index >= 15 is 0 Å². The van der Waals surface area contributed by atoms with E-state index in [0.717, 1.165) is 17.8 Å². The molecule has 0 aromatic heterocycles. The highest BCUT2D eigenvalue weighted by molar-refractivity contribution is 4.85. The molecule has 0 aromatic carbocycles. The normalized spacial score (nSPS) is 41.4. The molecule has 88 valence electrons. The van der Waals surface area contributed by atoms with Gasteiger partial charge in [0.15, 0.2) is 0 Å². The van der Waals surface area contributed by atoms with Crippen LogP contribution in [0.5, 0.6) is 0 Å². The summed E-state index contributed by atoms with van der Waals surface area (Å²) >= 11 is 0. The molecule has 0 heterocycles. The zero-order chi connectivity index (χ0) is 10.9. The van der Waals surface area contributed by atoms with E-state index < -0.39 is 0 Å². The fourth-order valence-electron chi connectivity index (χ4n) is 4.07. The molecule has 0 radical (unpaired) electrons. The highest BCUT2D eigenvalue weighted by Crippen LogP contribution is 2.46. The van der Waals surface area contributed by atoms with Gasteiger partial charge in [-0.3, -0.25) is 0 Å². The second kappa shape index (κ2) is 4.47. The van der Waals surface area contributed by atoms with Crippen molar-refractivity contribution in [3.63, 3.8) is 0 Å². The van der Waals surface area contributed by atoms with Crippen molar-refractivity contribution in [2.24, 2.45) is 23.2 Å². The first-order valence-corrected chi connectivity index (χ1v) is 7.07. The Balaban J connectivity index is 1.92. The van der Waals surface area contributed by atoms with Crippen molar-refractivity contribution >= 4 is 0 Å². The van der Waals surface area contributed by atoms with E-state index in [1.54, 1.807) is 0 Å². The standard InChI is InChI=1S/C15H28/c1-12-6-4-7-13(10-12)14-8-5-9-15(2,3)11-14/h12-14H,4-11H2,1-3H3. The Bertz CT molecular complexity index is 204. The van der Waals surface area contributed by atoms with Gasteiger partial charge < -0.3 is 0 Å². The summed E-state index contributed by atoms with van der Waals surface area (Å²) in [5, 5.41) is 0. The number of hydrogen-bond acceptors (Lipinski definition) is 0. The molecule has 0 amide bonds. The summed E-state index contributed by atoms with van der Waals surface area (Å²) in [5.41, 5.74) is 0.642. The highest BCUT2D eigenvalue weighted by atomic mass is 14.4. The van der Waals surface area contributed by atoms with Gasteiger partial charge in [-0.05, 0) is 42.4 Å². The molecule has 0 aromatic rings. The first-order chi connectivity index (χ1) is 7.07. The minimum Gasteiger partial charge on any atom is -0.0625 e. The van der Waals surface area contributed by atoms with E-state index in [1.807, 2.05) is 0 Å². The molecule has 2 saturated carbocycles. The third-order valence-electron chi connectivity index (χ3n) is 4.89. The molecular formula is C15H28. The van der Waals surface area contributed by atoms with Gasteiger partial charge in [-0.15, -0.1) is 0 Å². The Morgan fingerprint density at radius 3 is 2.33 bits per heavy atom. The zero-order valence-electron chi connectivity index (χ0n) is 10.9. The van der Waals surface area contributed by atoms with Gasteiger partial charge in [0, 0.05) is 0 Å². The lowest BCUT2D eigenvalue weighted by Crippen LogP contribution is -2.30. The Morgan fingerprint density at radius 2 is 1.67 bits per heavy atom. The SMILES string of the molecule is CC1CCCC(C2CCCC(C)(C)C2)C1. The van der Waals surface area contributed by atoms with Gasteiger partial charge in [0.05, 0.1) is 0 Å². The average Bonchev–Trinajstić information content (AvgIpc) is 2.16. The van der Waals surface area contributed by atoms with Crippen LogP contribution in [0.25, 0.3) is 0 Å². The fraction of sp³-hybridized carbons (Fsp3) is 1.00. The molecule has 0 bridgehead atoms. The van der Waals surface area contributed by atoms with Crippen molar-refractivity contribution < 1.29 is 0 Å². The predicted molar refractivity (Wildman–Crippen MR) is 66.9 cm³/mol. The Morgan fingerprint density at radius 1 is 0.933 bits per heavy atom. The second-order valence-electron chi connectivity index (χ2n) is 7.05. The van der Waals surface area contributed by atoms with Crippen molar-refractivity contribution in [1.29, 1.82) is 0 Å². The van der Waals surface area contributed by atoms with Gasteiger partial charge in [-0.2, -0.15) is 0 Å². The molecule has 2 aliphatic carbocycles. The molecule has 0 saturated heterocycles.